The molecule has 192 valence electrons. The summed E-state index contributed by atoms with van der Waals surface area (Å²) in [6.45, 7) is 8.54. The maximum atomic E-state index is 13.2. The molecule has 5 rings (SSSR count). The molecule has 3 aliphatic heterocycles. The van der Waals surface area contributed by atoms with Gasteiger partial charge in [0.25, 0.3) is 5.91 Å². The quantitative estimate of drug-likeness (QED) is 0.643. The third-order valence-electron chi connectivity index (χ3n) is 8.13. The van der Waals surface area contributed by atoms with E-state index in [1.807, 2.05) is 46.0 Å². The highest BCUT2D eigenvalue weighted by Gasteiger charge is 2.37. The number of rotatable bonds is 5. The van der Waals surface area contributed by atoms with Crippen molar-refractivity contribution in [3.8, 4) is 11.1 Å². The van der Waals surface area contributed by atoms with Crippen LogP contribution < -0.4 is 0 Å². The number of likely N-dealkylation sites (tertiary alicyclic amines) is 2. The first-order valence-corrected chi connectivity index (χ1v) is 13.4. The first-order chi connectivity index (χ1) is 17.5. The summed E-state index contributed by atoms with van der Waals surface area (Å²) in [5.74, 6) is 0.00994. The topological polar surface area (TPSA) is 56.3 Å². The molecule has 7 nitrogen and oxygen atoms in total. The summed E-state index contributed by atoms with van der Waals surface area (Å²) in [6, 6.07) is 17.0. The summed E-state index contributed by atoms with van der Waals surface area (Å²) >= 11 is 0. The molecule has 3 heterocycles. The average Bonchev–Trinajstić information content (AvgIpc) is 3.63. The number of ether oxygens (including phenoxy) is 1. The Hall–Kier alpha value is -2.90. The number of carbonyl (C=O) groups is 2. The molecule has 7 heteroatoms. The van der Waals surface area contributed by atoms with Crippen LogP contribution in [-0.2, 0) is 11.2 Å². The minimum absolute atomic E-state index is 0.00994. The second kappa shape index (κ2) is 11.0. The number of aryl methyl sites for hydroxylation is 1. The van der Waals surface area contributed by atoms with Crippen LogP contribution in [0.1, 0.15) is 35.7 Å². The van der Waals surface area contributed by atoms with E-state index in [4.69, 9.17) is 4.74 Å². The Bertz CT molecular complexity index is 1050. The minimum Gasteiger partial charge on any atom is -0.379 e. The minimum atomic E-state index is 0.00994. The van der Waals surface area contributed by atoms with Gasteiger partial charge < -0.3 is 19.4 Å². The number of benzene rings is 2. The highest BCUT2D eigenvalue weighted by Crippen LogP contribution is 2.24. The van der Waals surface area contributed by atoms with E-state index in [0.717, 1.165) is 69.8 Å². The van der Waals surface area contributed by atoms with Crippen molar-refractivity contribution >= 4 is 11.9 Å². The number of morpholine rings is 1. The number of hydrogen-bond acceptors (Lipinski definition) is 4. The van der Waals surface area contributed by atoms with E-state index < -0.39 is 0 Å². The lowest BCUT2D eigenvalue weighted by atomic mass is 10.0. The van der Waals surface area contributed by atoms with Crippen molar-refractivity contribution in [1.29, 1.82) is 0 Å². The van der Waals surface area contributed by atoms with E-state index >= 15 is 0 Å². The predicted octanol–water partition coefficient (Wildman–Crippen LogP) is 3.59. The summed E-state index contributed by atoms with van der Waals surface area (Å²) in [4.78, 5) is 34.6. The Kier molecular flexibility index (Phi) is 7.58. The molecule has 3 amide bonds. The average molecular weight is 491 g/mol. The van der Waals surface area contributed by atoms with Crippen LogP contribution in [0.15, 0.2) is 48.5 Å². The molecule has 0 unspecified atom stereocenters. The van der Waals surface area contributed by atoms with Gasteiger partial charge in [-0.2, -0.15) is 0 Å². The van der Waals surface area contributed by atoms with Gasteiger partial charge in [0.1, 0.15) is 0 Å². The van der Waals surface area contributed by atoms with Gasteiger partial charge in [-0.05, 0) is 48.1 Å². The van der Waals surface area contributed by atoms with E-state index in [2.05, 4.69) is 36.1 Å². The van der Waals surface area contributed by atoms with Gasteiger partial charge in [-0.3, -0.25) is 9.69 Å². The molecule has 2 aromatic rings. The number of likely N-dealkylation sites (N-methyl/N-ethyl adjacent to an activating group) is 1. The van der Waals surface area contributed by atoms with Crippen molar-refractivity contribution in [2.75, 3.05) is 59.5 Å². The van der Waals surface area contributed by atoms with Crippen molar-refractivity contribution in [3.63, 3.8) is 0 Å². The molecule has 0 spiro atoms. The van der Waals surface area contributed by atoms with E-state index in [1.165, 1.54) is 5.56 Å². The molecule has 0 saturated carbocycles. The first-order valence-electron chi connectivity index (χ1n) is 13.4. The van der Waals surface area contributed by atoms with Gasteiger partial charge in [-0.25, -0.2) is 4.79 Å². The van der Waals surface area contributed by atoms with Crippen molar-refractivity contribution in [3.05, 3.63) is 59.7 Å². The predicted molar refractivity (Wildman–Crippen MR) is 141 cm³/mol. The van der Waals surface area contributed by atoms with E-state index in [9.17, 15) is 9.59 Å². The van der Waals surface area contributed by atoms with Crippen LogP contribution >= 0.6 is 0 Å². The number of hydrogen-bond donors (Lipinski definition) is 0. The lowest BCUT2D eigenvalue weighted by Gasteiger charge is -2.32. The Morgan fingerprint density at radius 1 is 0.861 bits per heavy atom. The van der Waals surface area contributed by atoms with Crippen LogP contribution in [-0.4, -0.2) is 103 Å². The standard InChI is InChI=1S/C29H38N4O3/c1-3-22-4-6-23(7-5-22)24-8-10-25(11-9-24)28(34)30(2)26-12-14-32(20-26)29(35)33-15-13-27(21-33)31-16-18-36-19-17-31/h4-11,26-27H,3,12-21H2,1-2H3/t26-,27+/m0/s1. The molecule has 3 saturated heterocycles. The summed E-state index contributed by atoms with van der Waals surface area (Å²) in [5, 5.41) is 0. The van der Waals surface area contributed by atoms with Crippen molar-refractivity contribution in [2.45, 2.75) is 38.3 Å². The molecule has 0 radical (unpaired) electrons. The zero-order chi connectivity index (χ0) is 25.1. The lowest BCUT2D eigenvalue weighted by Crippen LogP contribution is -2.47. The molecule has 2 atom stereocenters. The van der Waals surface area contributed by atoms with Gasteiger partial charge >= 0.3 is 6.03 Å². The second-order valence-corrected chi connectivity index (χ2v) is 10.3. The fraction of sp³-hybridized carbons (Fsp3) is 0.517. The molecular weight excluding hydrogens is 452 g/mol. The molecule has 36 heavy (non-hydrogen) atoms. The summed E-state index contributed by atoms with van der Waals surface area (Å²) in [5.41, 5.74) is 4.26. The zero-order valence-electron chi connectivity index (χ0n) is 21.6. The summed E-state index contributed by atoms with van der Waals surface area (Å²) in [7, 11) is 1.86. The molecule has 0 bridgehead atoms. The van der Waals surface area contributed by atoms with Gasteiger partial charge in [0.05, 0.1) is 19.3 Å². The number of urea groups is 1. The fourth-order valence-corrected chi connectivity index (χ4v) is 5.70. The van der Waals surface area contributed by atoms with Crippen LogP contribution in [0, 0.1) is 0 Å². The van der Waals surface area contributed by atoms with Gasteiger partial charge in [0.2, 0.25) is 0 Å². The van der Waals surface area contributed by atoms with Gasteiger partial charge in [-0.15, -0.1) is 0 Å². The first kappa shape index (κ1) is 24.8. The van der Waals surface area contributed by atoms with Crippen LogP contribution in [0.3, 0.4) is 0 Å². The maximum absolute atomic E-state index is 13.2. The molecule has 0 aliphatic carbocycles. The Morgan fingerprint density at radius 2 is 1.47 bits per heavy atom. The van der Waals surface area contributed by atoms with Crippen molar-refractivity contribution in [2.24, 2.45) is 0 Å². The second-order valence-electron chi connectivity index (χ2n) is 10.3. The zero-order valence-corrected chi connectivity index (χ0v) is 21.6. The monoisotopic (exact) mass is 490 g/mol. The largest absolute Gasteiger partial charge is 0.379 e. The maximum Gasteiger partial charge on any atom is 0.320 e. The molecule has 0 aromatic heterocycles. The highest BCUT2D eigenvalue weighted by molar-refractivity contribution is 5.95. The Morgan fingerprint density at radius 3 is 2.14 bits per heavy atom. The normalized spacial score (nSPS) is 22.7. The summed E-state index contributed by atoms with van der Waals surface area (Å²) < 4.78 is 5.47. The highest BCUT2D eigenvalue weighted by atomic mass is 16.5. The van der Waals surface area contributed by atoms with Gasteiger partial charge in [-0.1, -0.05) is 43.3 Å². The Labute approximate surface area is 214 Å². The molecule has 0 N–H and O–H groups in total. The molecule has 3 fully saturated rings. The van der Waals surface area contributed by atoms with Crippen LogP contribution in [0.5, 0.6) is 0 Å². The number of nitrogens with zero attached hydrogens (tertiary/aromatic N) is 4. The third-order valence-corrected chi connectivity index (χ3v) is 8.13. The number of carbonyl (C=O) groups excluding carboxylic acids is 2. The molecule has 3 aliphatic rings. The van der Waals surface area contributed by atoms with E-state index in [0.29, 0.717) is 24.7 Å². The molecular formula is C29H38N4O3. The van der Waals surface area contributed by atoms with Crippen molar-refractivity contribution in [1.82, 2.24) is 19.6 Å². The van der Waals surface area contributed by atoms with E-state index in [1.54, 1.807) is 0 Å². The smallest absolute Gasteiger partial charge is 0.320 e. The number of amides is 3. The lowest BCUT2D eigenvalue weighted by molar-refractivity contribution is 0.0189. The van der Waals surface area contributed by atoms with Crippen LogP contribution in [0.2, 0.25) is 0 Å². The van der Waals surface area contributed by atoms with Gasteiger partial charge in [0.15, 0.2) is 0 Å². The van der Waals surface area contributed by atoms with Crippen LogP contribution in [0.4, 0.5) is 4.79 Å². The van der Waals surface area contributed by atoms with E-state index in [-0.39, 0.29) is 18.0 Å². The van der Waals surface area contributed by atoms with Crippen molar-refractivity contribution < 1.29 is 14.3 Å². The van der Waals surface area contributed by atoms with Crippen LogP contribution in [0.25, 0.3) is 11.1 Å². The fourth-order valence-electron chi connectivity index (χ4n) is 5.70. The summed E-state index contributed by atoms with van der Waals surface area (Å²) in [6.07, 6.45) is 2.87. The third kappa shape index (κ3) is 5.27. The Balaban J connectivity index is 1.15. The SMILES string of the molecule is CCc1ccc(-c2ccc(C(=O)N(C)[C@H]3CCN(C(=O)N4CC[C@@H](N5CCOCC5)C4)C3)cc2)cc1. The molecule has 2 aromatic carbocycles. The van der Waals surface area contributed by atoms with Gasteiger partial charge in [0, 0.05) is 57.9 Å².